The Hall–Kier alpha value is -0.240. The Labute approximate surface area is 179 Å². The van der Waals surface area contributed by atoms with E-state index in [0.29, 0.717) is 26.4 Å². The van der Waals surface area contributed by atoms with Gasteiger partial charge in [0.25, 0.3) is 0 Å². The fraction of sp³-hybridized carbons (Fsp3) is 1.00. The zero-order chi connectivity index (χ0) is 22.0. The van der Waals surface area contributed by atoms with Crippen LogP contribution in [0.15, 0.2) is 0 Å². The lowest BCUT2D eigenvalue weighted by Crippen LogP contribution is -2.63. The summed E-state index contributed by atoms with van der Waals surface area (Å²) in [6.07, 6.45) is 9.33. The van der Waals surface area contributed by atoms with Crippen LogP contribution in [0.2, 0.25) is 0 Å². The molecule has 0 aliphatic carbocycles. The third kappa shape index (κ3) is 11.7. The van der Waals surface area contributed by atoms with Crippen molar-refractivity contribution >= 4 is 0 Å². The van der Waals surface area contributed by atoms with Crippen molar-refractivity contribution in [1.29, 1.82) is 0 Å². The molecule has 0 radical (unpaired) electrons. The Kier molecular flexibility index (Phi) is 17.3. The molecule has 0 aliphatic rings. The van der Waals surface area contributed by atoms with E-state index in [-0.39, 0.29) is 6.10 Å². The zero-order valence-electron chi connectivity index (χ0n) is 20.0. The van der Waals surface area contributed by atoms with E-state index < -0.39 is 11.9 Å². The molecule has 0 aromatic rings. The van der Waals surface area contributed by atoms with Crippen molar-refractivity contribution in [2.24, 2.45) is 0 Å². The monoisotopic (exact) mass is 420 g/mol. The Balaban J connectivity index is 5.58. The van der Waals surface area contributed by atoms with Crippen molar-refractivity contribution in [3.8, 4) is 0 Å². The van der Waals surface area contributed by atoms with Gasteiger partial charge in [0.15, 0.2) is 0 Å². The van der Waals surface area contributed by atoms with Gasteiger partial charge in [-0.3, -0.25) is 0 Å². The molecule has 0 saturated heterocycles. The smallest absolute Gasteiger partial charge is 0.337 e. The Bertz CT molecular complexity index is 365. The first-order valence-electron chi connectivity index (χ1n) is 11.9. The third-order valence-corrected chi connectivity index (χ3v) is 4.40. The molecule has 6 nitrogen and oxygen atoms in total. The summed E-state index contributed by atoms with van der Waals surface area (Å²) in [5.74, 6) is -3.94. The number of ether oxygens (including phenoxy) is 5. The second-order valence-corrected chi connectivity index (χ2v) is 7.82. The number of unbranched alkanes of at least 4 members (excludes halogenated alkanes) is 6. The van der Waals surface area contributed by atoms with Gasteiger partial charge in [0.2, 0.25) is 0 Å². The molecular weight excluding hydrogens is 372 g/mol. The molecule has 0 rings (SSSR count). The maximum atomic E-state index is 11.5. The van der Waals surface area contributed by atoms with Crippen molar-refractivity contribution in [2.75, 3.05) is 26.4 Å². The summed E-state index contributed by atoms with van der Waals surface area (Å²) in [6.45, 7) is 13.6. The van der Waals surface area contributed by atoms with Gasteiger partial charge >= 0.3 is 11.9 Å². The highest BCUT2D eigenvalue weighted by Crippen LogP contribution is 2.35. The van der Waals surface area contributed by atoms with Gasteiger partial charge in [0, 0.05) is 0 Å². The number of rotatable bonds is 21. The van der Waals surface area contributed by atoms with Crippen LogP contribution >= 0.6 is 0 Å². The zero-order valence-corrected chi connectivity index (χ0v) is 20.0. The van der Waals surface area contributed by atoms with Gasteiger partial charge in [-0.1, -0.05) is 66.2 Å². The molecule has 0 saturated carbocycles. The van der Waals surface area contributed by atoms with Gasteiger partial charge in [-0.2, -0.15) is 0 Å². The fourth-order valence-corrected chi connectivity index (χ4v) is 2.80. The van der Waals surface area contributed by atoms with Crippen LogP contribution in [0, 0.1) is 0 Å². The second kappa shape index (κ2) is 17.4. The first-order chi connectivity index (χ1) is 13.9. The molecule has 176 valence electrons. The molecule has 6 heteroatoms. The number of aliphatic hydroxyl groups is 1. The molecule has 2 atom stereocenters. The summed E-state index contributed by atoms with van der Waals surface area (Å²) < 4.78 is 29.9. The van der Waals surface area contributed by atoms with Crippen molar-refractivity contribution < 1.29 is 28.8 Å². The topological polar surface area (TPSA) is 66.4 Å². The van der Waals surface area contributed by atoms with Crippen LogP contribution < -0.4 is 0 Å². The molecule has 0 aromatic heterocycles. The largest absolute Gasteiger partial charge is 0.370 e. The van der Waals surface area contributed by atoms with Crippen molar-refractivity contribution in [2.45, 2.75) is 124 Å². The average molecular weight is 421 g/mol. The minimum atomic E-state index is -2.14. The standard InChI is InChI=1S/C23H48O6/c1-7-11-14-16-20-28-23(26-17-10-4,27-19-15-12-8-2)22(24,29-21(5)6)25-18-13-9-3/h21,24H,7-20H2,1-6H3. The summed E-state index contributed by atoms with van der Waals surface area (Å²) >= 11 is 0. The van der Waals surface area contributed by atoms with Crippen LogP contribution in [0.1, 0.15) is 106 Å². The van der Waals surface area contributed by atoms with E-state index in [2.05, 4.69) is 20.8 Å². The molecule has 0 bridgehead atoms. The lowest BCUT2D eigenvalue weighted by atomic mass is 10.2. The maximum Gasteiger partial charge on any atom is 0.370 e. The maximum absolute atomic E-state index is 11.5. The normalized spacial score (nSPS) is 16.1. The summed E-state index contributed by atoms with van der Waals surface area (Å²) in [5, 5.41) is 11.5. The molecule has 0 spiro atoms. The molecule has 1 N–H and O–H groups in total. The van der Waals surface area contributed by atoms with E-state index in [9.17, 15) is 5.11 Å². The SMILES string of the molecule is CCCCCCOC(OCCC)(OCCCCC)C(O)(OCCCC)OC(C)C. The van der Waals surface area contributed by atoms with E-state index in [1.165, 1.54) is 0 Å². The summed E-state index contributed by atoms with van der Waals surface area (Å²) in [4.78, 5) is 0. The third-order valence-electron chi connectivity index (χ3n) is 4.40. The van der Waals surface area contributed by atoms with E-state index >= 15 is 0 Å². The number of hydrogen-bond acceptors (Lipinski definition) is 6. The second-order valence-electron chi connectivity index (χ2n) is 7.82. The number of hydrogen-bond donors (Lipinski definition) is 1. The quantitative estimate of drug-likeness (QED) is 0.188. The van der Waals surface area contributed by atoms with Gasteiger partial charge in [-0.05, 0) is 39.5 Å². The summed E-state index contributed by atoms with van der Waals surface area (Å²) in [7, 11) is 0. The van der Waals surface area contributed by atoms with Crippen LogP contribution in [-0.2, 0) is 23.7 Å². The summed E-state index contributed by atoms with van der Waals surface area (Å²) in [6, 6.07) is 0. The van der Waals surface area contributed by atoms with Crippen molar-refractivity contribution in [3.05, 3.63) is 0 Å². The van der Waals surface area contributed by atoms with Gasteiger partial charge < -0.3 is 28.8 Å². The minimum absolute atomic E-state index is 0.297. The molecular formula is C23H48O6. The molecule has 2 unspecified atom stereocenters. The molecule has 0 aliphatic heterocycles. The summed E-state index contributed by atoms with van der Waals surface area (Å²) in [5.41, 5.74) is 0. The van der Waals surface area contributed by atoms with Crippen LogP contribution in [0.4, 0.5) is 0 Å². The Morgan fingerprint density at radius 3 is 1.59 bits per heavy atom. The molecule has 0 fully saturated rings. The van der Waals surface area contributed by atoms with E-state index in [0.717, 1.165) is 64.2 Å². The highest BCUT2D eigenvalue weighted by Gasteiger charge is 2.59. The van der Waals surface area contributed by atoms with Crippen LogP contribution in [0.5, 0.6) is 0 Å². The molecule has 0 amide bonds. The van der Waals surface area contributed by atoms with Crippen molar-refractivity contribution in [1.82, 2.24) is 0 Å². The van der Waals surface area contributed by atoms with Crippen molar-refractivity contribution in [3.63, 3.8) is 0 Å². The Morgan fingerprint density at radius 1 is 0.586 bits per heavy atom. The van der Waals surface area contributed by atoms with Gasteiger partial charge in [0.05, 0.1) is 32.5 Å². The minimum Gasteiger partial charge on any atom is -0.337 e. The van der Waals surface area contributed by atoms with Gasteiger partial charge in [-0.15, -0.1) is 0 Å². The Morgan fingerprint density at radius 2 is 1.07 bits per heavy atom. The predicted octanol–water partition coefficient (Wildman–Crippen LogP) is 5.76. The lowest BCUT2D eigenvalue weighted by Gasteiger charge is -2.44. The average Bonchev–Trinajstić information content (AvgIpc) is 2.68. The predicted molar refractivity (Wildman–Crippen MR) is 117 cm³/mol. The molecule has 29 heavy (non-hydrogen) atoms. The van der Waals surface area contributed by atoms with Crippen LogP contribution in [-0.4, -0.2) is 49.6 Å². The molecule has 0 heterocycles. The molecule has 0 aromatic carbocycles. The highest BCUT2D eigenvalue weighted by molar-refractivity contribution is 4.74. The fourth-order valence-electron chi connectivity index (χ4n) is 2.80. The van der Waals surface area contributed by atoms with E-state index in [1.807, 2.05) is 20.8 Å². The first kappa shape index (κ1) is 28.8. The van der Waals surface area contributed by atoms with Crippen LogP contribution in [0.25, 0.3) is 0 Å². The van der Waals surface area contributed by atoms with E-state index in [4.69, 9.17) is 23.7 Å². The van der Waals surface area contributed by atoms with Gasteiger partial charge in [-0.25, -0.2) is 0 Å². The van der Waals surface area contributed by atoms with Gasteiger partial charge in [0.1, 0.15) is 0 Å². The lowest BCUT2D eigenvalue weighted by molar-refractivity contribution is -0.558. The van der Waals surface area contributed by atoms with E-state index in [1.54, 1.807) is 0 Å². The van der Waals surface area contributed by atoms with Crippen LogP contribution in [0.3, 0.4) is 0 Å². The first-order valence-corrected chi connectivity index (χ1v) is 11.9. The highest BCUT2D eigenvalue weighted by atomic mass is 17.0.